The lowest BCUT2D eigenvalue weighted by molar-refractivity contribution is -0.136. The van der Waals surface area contributed by atoms with Crippen LogP contribution in [-0.4, -0.2) is 16.8 Å². The van der Waals surface area contributed by atoms with Crippen LogP contribution in [0.15, 0.2) is 35.7 Å². The van der Waals surface area contributed by atoms with E-state index >= 15 is 0 Å². The summed E-state index contributed by atoms with van der Waals surface area (Å²) in [5.41, 5.74) is 1.13. The summed E-state index contributed by atoms with van der Waals surface area (Å²) in [6, 6.07) is 9.93. The summed E-state index contributed by atoms with van der Waals surface area (Å²) in [6.45, 7) is 0. The molecule has 1 N–H and O–H groups in total. The average molecular weight is 208 g/mol. The standard InChI is InChI=1S/C11H12O2S/c12-11(13)7-9-14-8-6-10-4-2-1-3-5-10/h1-6,8H,7,9H2,(H,12,13)/b8-6-. The van der Waals surface area contributed by atoms with Gasteiger partial charge in [-0.05, 0) is 17.0 Å². The molecule has 0 aromatic heterocycles. The molecule has 0 spiro atoms. The van der Waals surface area contributed by atoms with Crippen LogP contribution in [0.1, 0.15) is 12.0 Å². The minimum Gasteiger partial charge on any atom is -0.481 e. The average Bonchev–Trinajstić information content (AvgIpc) is 2.18. The van der Waals surface area contributed by atoms with Crippen molar-refractivity contribution >= 4 is 23.8 Å². The zero-order valence-electron chi connectivity index (χ0n) is 7.72. The van der Waals surface area contributed by atoms with Crippen molar-refractivity contribution in [3.63, 3.8) is 0 Å². The zero-order chi connectivity index (χ0) is 10.2. The van der Waals surface area contributed by atoms with Crippen molar-refractivity contribution in [3.05, 3.63) is 41.3 Å². The maximum absolute atomic E-state index is 10.2. The molecule has 74 valence electrons. The van der Waals surface area contributed by atoms with Gasteiger partial charge in [0.15, 0.2) is 0 Å². The lowest BCUT2D eigenvalue weighted by atomic mass is 10.2. The molecule has 0 aliphatic carbocycles. The van der Waals surface area contributed by atoms with E-state index in [0.29, 0.717) is 5.75 Å². The van der Waals surface area contributed by atoms with Gasteiger partial charge < -0.3 is 5.11 Å². The first-order valence-corrected chi connectivity index (χ1v) is 5.39. The highest BCUT2D eigenvalue weighted by molar-refractivity contribution is 8.02. The molecule has 0 aliphatic rings. The molecular weight excluding hydrogens is 196 g/mol. The predicted molar refractivity (Wildman–Crippen MR) is 60.2 cm³/mol. The fourth-order valence-corrected chi connectivity index (χ4v) is 1.59. The van der Waals surface area contributed by atoms with Gasteiger partial charge in [-0.25, -0.2) is 0 Å². The zero-order valence-corrected chi connectivity index (χ0v) is 8.54. The van der Waals surface area contributed by atoms with Crippen LogP contribution >= 0.6 is 11.8 Å². The molecule has 0 radical (unpaired) electrons. The number of rotatable bonds is 5. The molecular formula is C11H12O2S. The summed E-state index contributed by atoms with van der Waals surface area (Å²) in [6.07, 6.45) is 2.19. The first-order valence-electron chi connectivity index (χ1n) is 4.34. The minimum atomic E-state index is -0.745. The quantitative estimate of drug-likeness (QED) is 0.756. The second kappa shape index (κ2) is 6.27. The van der Waals surface area contributed by atoms with Gasteiger partial charge >= 0.3 is 5.97 Å². The number of hydrogen-bond acceptors (Lipinski definition) is 2. The van der Waals surface area contributed by atoms with E-state index in [-0.39, 0.29) is 6.42 Å². The predicted octanol–water partition coefficient (Wildman–Crippen LogP) is 2.87. The van der Waals surface area contributed by atoms with Crippen molar-refractivity contribution < 1.29 is 9.90 Å². The van der Waals surface area contributed by atoms with Crippen LogP contribution in [0.5, 0.6) is 0 Å². The van der Waals surface area contributed by atoms with Gasteiger partial charge in [0.25, 0.3) is 0 Å². The Hall–Kier alpha value is -1.22. The Morgan fingerprint density at radius 2 is 2.07 bits per heavy atom. The van der Waals surface area contributed by atoms with Gasteiger partial charge in [0.1, 0.15) is 0 Å². The van der Waals surface area contributed by atoms with Crippen molar-refractivity contribution in [2.45, 2.75) is 6.42 Å². The minimum absolute atomic E-state index is 0.212. The number of carbonyl (C=O) groups is 1. The van der Waals surface area contributed by atoms with Crippen LogP contribution in [0, 0.1) is 0 Å². The molecule has 2 nitrogen and oxygen atoms in total. The highest BCUT2D eigenvalue weighted by Crippen LogP contribution is 2.08. The topological polar surface area (TPSA) is 37.3 Å². The van der Waals surface area contributed by atoms with Crippen molar-refractivity contribution in [2.24, 2.45) is 0 Å². The summed E-state index contributed by atoms with van der Waals surface area (Å²) >= 11 is 1.52. The molecule has 14 heavy (non-hydrogen) atoms. The van der Waals surface area contributed by atoms with Gasteiger partial charge in [-0.2, -0.15) is 0 Å². The van der Waals surface area contributed by atoms with E-state index in [2.05, 4.69) is 0 Å². The van der Waals surface area contributed by atoms with E-state index in [1.54, 1.807) is 0 Å². The second-order valence-corrected chi connectivity index (χ2v) is 3.74. The normalized spacial score (nSPS) is 10.6. The number of aliphatic carboxylic acids is 1. The Morgan fingerprint density at radius 3 is 2.71 bits per heavy atom. The second-order valence-electron chi connectivity index (χ2n) is 2.73. The van der Waals surface area contributed by atoms with E-state index in [4.69, 9.17) is 5.11 Å². The molecule has 0 heterocycles. The lowest BCUT2D eigenvalue weighted by Gasteiger charge is -1.92. The highest BCUT2D eigenvalue weighted by Gasteiger charge is 1.93. The van der Waals surface area contributed by atoms with E-state index in [1.807, 2.05) is 41.8 Å². The Morgan fingerprint density at radius 1 is 1.36 bits per heavy atom. The Balaban J connectivity index is 2.25. The van der Waals surface area contributed by atoms with Gasteiger partial charge in [-0.1, -0.05) is 30.3 Å². The summed E-state index contributed by atoms with van der Waals surface area (Å²) in [5.74, 6) is -0.121. The van der Waals surface area contributed by atoms with Crippen LogP contribution < -0.4 is 0 Å². The fourth-order valence-electron chi connectivity index (χ4n) is 0.905. The van der Waals surface area contributed by atoms with E-state index < -0.39 is 5.97 Å². The van der Waals surface area contributed by atoms with Crippen LogP contribution in [0.3, 0.4) is 0 Å². The van der Waals surface area contributed by atoms with Gasteiger partial charge in [0, 0.05) is 5.75 Å². The van der Waals surface area contributed by atoms with E-state index in [1.165, 1.54) is 11.8 Å². The van der Waals surface area contributed by atoms with Crippen LogP contribution in [0.4, 0.5) is 0 Å². The molecule has 1 rings (SSSR count). The number of hydrogen-bond donors (Lipinski definition) is 1. The molecule has 0 bridgehead atoms. The molecule has 0 amide bonds. The summed E-state index contributed by atoms with van der Waals surface area (Å²) in [4.78, 5) is 10.2. The Kier molecular flexibility index (Phi) is 4.86. The number of benzene rings is 1. The fraction of sp³-hybridized carbons (Fsp3) is 0.182. The van der Waals surface area contributed by atoms with Gasteiger partial charge in [0.05, 0.1) is 6.42 Å². The number of thioether (sulfide) groups is 1. The van der Waals surface area contributed by atoms with E-state index in [0.717, 1.165) is 5.56 Å². The molecule has 1 aromatic carbocycles. The molecule has 3 heteroatoms. The van der Waals surface area contributed by atoms with Crippen molar-refractivity contribution in [1.29, 1.82) is 0 Å². The van der Waals surface area contributed by atoms with Crippen molar-refractivity contribution in [1.82, 2.24) is 0 Å². The van der Waals surface area contributed by atoms with Crippen LogP contribution in [0.25, 0.3) is 6.08 Å². The number of carboxylic acid groups (broad SMARTS) is 1. The summed E-state index contributed by atoms with van der Waals surface area (Å²) in [7, 11) is 0. The molecule has 1 aromatic rings. The highest BCUT2D eigenvalue weighted by atomic mass is 32.2. The summed E-state index contributed by atoms with van der Waals surface area (Å²) < 4.78 is 0. The molecule has 0 aliphatic heterocycles. The SMILES string of the molecule is O=C(O)CCS/C=C\c1ccccc1. The van der Waals surface area contributed by atoms with E-state index in [9.17, 15) is 4.79 Å². The third-order valence-electron chi connectivity index (χ3n) is 1.59. The van der Waals surface area contributed by atoms with Crippen LogP contribution in [-0.2, 0) is 4.79 Å². The molecule has 0 fully saturated rings. The molecule has 0 atom stereocenters. The van der Waals surface area contributed by atoms with Crippen molar-refractivity contribution in [3.8, 4) is 0 Å². The lowest BCUT2D eigenvalue weighted by Crippen LogP contribution is -1.94. The first kappa shape index (κ1) is 10.9. The van der Waals surface area contributed by atoms with Gasteiger partial charge in [-0.15, -0.1) is 11.8 Å². The van der Waals surface area contributed by atoms with Gasteiger partial charge in [-0.3, -0.25) is 4.79 Å². The number of carboxylic acids is 1. The third kappa shape index (κ3) is 4.72. The third-order valence-corrected chi connectivity index (χ3v) is 2.36. The molecule has 0 saturated heterocycles. The van der Waals surface area contributed by atoms with Gasteiger partial charge in [0.2, 0.25) is 0 Å². The molecule has 0 saturated carbocycles. The van der Waals surface area contributed by atoms with Crippen molar-refractivity contribution in [2.75, 3.05) is 5.75 Å². The maximum Gasteiger partial charge on any atom is 0.304 e. The van der Waals surface area contributed by atoms with Crippen LogP contribution in [0.2, 0.25) is 0 Å². The first-order chi connectivity index (χ1) is 6.79. The molecule has 0 unspecified atom stereocenters. The smallest absolute Gasteiger partial charge is 0.304 e. The Labute approximate surface area is 87.6 Å². The Bertz CT molecular complexity index is 306. The monoisotopic (exact) mass is 208 g/mol. The maximum atomic E-state index is 10.2. The summed E-state index contributed by atoms with van der Waals surface area (Å²) in [5, 5.41) is 10.3. The largest absolute Gasteiger partial charge is 0.481 e.